The van der Waals surface area contributed by atoms with Crippen LogP contribution in [0.1, 0.15) is 33.1 Å². The molecule has 0 spiro atoms. The zero-order chi connectivity index (χ0) is 13.5. The van der Waals surface area contributed by atoms with Crippen molar-refractivity contribution < 1.29 is 32.6 Å². The van der Waals surface area contributed by atoms with E-state index < -0.39 is 15.6 Å². The Balaban J connectivity index is 4.04. The number of allylic oxidation sites excluding steroid dienone is 1. The van der Waals surface area contributed by atoms with Crippen LogP contribution in [0.5, 0.6) is 0 Å². The highest BCUT2D eigenvalue weighted by Gasteiger charge is 2.31. The molecule has 3 N–H and O–H groups in total. The second-order valence-corrected chi connectivity index (χ2v) is 6.29. The number of phosphoric acid groups is 2. The third-order valence-electron chi connectivity index (χ3n) is 1.74. The Bertz CT molecular complexity index is 346. The molecule has 0 saturated heterocycles. The van der Waals surface area contributed by atoms with Crippen molar-refractivity contribution in [1.82, 2.24) is 0 Å². The van der Waals surface area contributed by atoms with E-state index in [-0.39, 0.29) is 6.61 Å². The van der Waals surface area contributed by atoms with Gasteiger partial charge in [-0.3, -0.25) is 4.52 Å². The topological polar surface area (TPSA) is 113 Å². The fourth-order valence-electron chi connectivity index (χ4n) is 0.973. The smallest absolute Gasteiger partial charge is 0.302 e. The molecule has 0 bridgehead atoms. The summed E-state index contributed by atoms with van der Waals surface area (Å²) in [4.78, 5) is 25.6. The molecule has 7 nitrogen and oxygen atoms in total. The average molecular weight is 288 g/mol. The lowest BCUT2D eigenvalue weighted by atomic mass is 10.2. The zero-order valence-electron chi connectivity index (χ0n) is 9.77. The Morgan fingerprint density at radius 3 is 2.35 bits per heavy atom. The lowest BCUT2D eigenvalue weighted by Crippen LogP contribution is -1.96. The van der Waals surface area contributed by atoms with E-state index in [0.717, 1.165) is 18.4 Å². The van der Waals surface area contributed by atoms with E-state index in [1.807, 2.05) is 19.9 Å². The molecule has 1 atom stereocenters. The summed E-state index contributed by atoms with van der Waals surface area (Å²) in [5.41, 5.74) is 0.975. The van der Waals surface area contributed by atoms with Gasteiger partial charge in [-0.2, -0.15) is 4.31 Å². The van der Waals surface area contributed by atoms with Crippen LogP contribution in [0.4, 0.5) is 0 Å². The van der Waals surface area contributed by atoms with Gasteiger partial charge in [0.05, 0.1) is 6.61 Å². The van der Waals surface area contributed by atoms with Gasteiger partial charge in [-0.25, -0.2) is 9.13 Å². The summed E-state index contributed by atoms with van der Waals surface area (Å²) < 4.78 is 29.4. The van der Waals surface area contributed by atoms with E-state index in [4.69, 9.17) is 14.7 Å². The molecule has 9 heteroatoms. The first-order chi connectivity index (χ1) is 7.66. The van der Waals surface area contributed by atoms with Crippen LogP contribution < -0.4 is 0 Å². The van der Waals surface area contributed by atoms with Gasteiger partial charge < -0.3 is 14.7 Å². The number of rotatable bonds is 8. The second-order valence-electron chi connectivity index (χ2n) is 3.46. The summed E-state index contributed by atoms with van der Waals surface area (Å²) in [6.07, 6.45) is 4.27. The van der Waals surface area contributed by atoms with E-state index >= 15 is 0 Å². The van der Waals surface area contributed by atoms with E-state index in [2.05, 4.69) is 8.83 Å². The molecule has 0 aliphatic heterocycles. The molecule has 0 saturated carbocycles. The second kappa shape index (κ2) is 7.44. The van der Waals surface area contributed by atoms with Crippen LogP contribution in [0.2, 0.25) is 0 Å². The van der Waals surface area contributed by atoms with Crippen LogP contribution >= 0.6 is 15.6 Å². The number of hydrogen-bond donors (Lipinski definition) is 3. The Morgan fingerprint density at radius 1 is 1.29 bits per heavy atom. The monoisotopic (exact) mass is 288 g/mol. The molecule has 0 aromatic heterocycles. The van der Waals surface area contributed by atoms with Gasteiger partial charge in [-0.15, -0.1) is 0 Å². The van der Waals surface area contributed by atoms with E-state index in [1.165, 1.54) is 0 Å². The maximum Gasteiger partial charge on any atom is 0.481 e. The molecule has 17 heavy (non-hydrogen) atoms. The van der Waals surface area contributed by atoms with Gasteiger partial charge in [-0.1, -0.05) is 25.0 Å². The molecule has 1 unspecified atom stereocenters. The maximum atomic E-state index is 11.0. The first-order valence-electron chi connectivity index (χ1n) is 5.06. The molecule has 0 radical (unpaired) electrons. The minimum atomic E-state index is -5.02. The highest BCUT2D eigenvalue weighted by Crippen LogP contribution is 2.57. The van der Waals surface area contributed by atoms with Crippen molar-refractivity contribution in [3.63, 3.8) is 0 Å². The lowest BCUT2D eigenvalue weighted by molar-refractivity contribution is 0.180. The minimum absolute atomic E-state index is 0.139. The van der Waals surface area contributed by atoms with Crippen molar-refractivity contribution in [2.24, 2.45) is 0 Å². The van der Waals surface area contributed by atoms with Crippen molar-refractivity contribution in [2.45, 2.75) is 33.1 Å². The van der Waals surface area contributed by atoms with Gasteiger partial charge in [0.15, 0.2) is 0 Å². The highest BCUT2D eigenvalue weighted by atomic mass is 31.3. The lowest BCUT2D eigenvalue weighted by Gasteiger charge is -2.12. The van der Waals surface area contributed by atoms with Crippen LogP contribution in [0.3, 0.4) is 0 Å². The summed E-state index contributed by atoms with van der Waals surface area (Å²) in [5.74, 6) is 0. The maximum absolute atomic E-state index is 11.0. The summed E-state index contributed by atoms with van der Waals surface area (Å²) in [6.45, 7) is 3.72. The molecule has 0 aliphatic rings. The first-order valence-corrected chi connectivity index (χ1v) is 8.08. The average Bonchev–Trinajstić information content (AvgIpc) is 2.10. The van der Waals surface area contributed by atoms with Crippen LogP contribution in [0.25, 0.3) is 0 Å². The molecule has 0 amide bonds. The zero-order valence-corrected chi connectivity index (χ0v) is 11.6. The number of hydrogen-bond acceptors (Lipinski definition) is 4. The number of phosphoric ester groups is 1. The molecule has 0 fully saturated rings. The highest BCUT2D eigenvalue weighted by molar-refractivity contribution is 7.60. The molecule has 0 aliphatic carbocycles. The standard InChI is InChI=1S/C8H18O7P2/c1-3-4-5-8(2)6-7-14-17(12,13)15-16(9,10)11/h5H,3-4,6-7H2,1-2H3,(H,12,13)(H2,9,10,11)/b8-5+. The predicted molar refractivity (Wildman–Crippen MR) is 62.2 cm³/mol. The SMILES string of the molecule is CCC/C=C(\C)CCOP(=O)(O)OP(=O)(O)O. The first kappa shape index (κ1) is 17.0. The quantitative estimate of drug-likeness (QED) is 0.464. The summed E-state index contributed by atoms with van der Waals surface area (Å²) in [6, 6.07) is 0. The van der Waals surface area contributed by atoms with Crippen LogP contribution in [0.15, 0.2) is 11.6 Å². The molecule has 0 rings (SSSR count). The van der Waals surface area contributed by atoms with Crippen LogP contribution in [-0.2, 0) is 18.0 Å². The van der Waals surface area contributed by atoms with E-state index in [1.54, 1.807) is 0 Å². The van der Waals surface area contributed by atoms with Crippen molar-refractivity contribution in [1.29, 1.82) is 0 Å². The Labute approximate surface area is 100 Å². The van der Waals surface area contributed by atoms with Gasteiger partial charge in [0.2, 0.25) is 0 Å². The van der Waals surface area contributed by atoms with Crippen molar-refractivity contribution in [3.05, 3.63) is 11.6 Å². The van der Waals surface area contributed by atoms with Gasteiger partial charge in [0.25, 0.3) is 0 Å². The minimum Gasteiger partial charge on any atom is -0.302 e. The Hall–Kier alpha value is -0.0000000000000000416. The van der Waals surface area contributed by atoms with Gasteiger partial charge in [0.1, 0.15) is 0 Å². The van der Waals surface area contributed by atoms with E-state index in [0.29, 0.717) is 6.42 Å². The van der Waals surface area contributed by atoms with Gasteiger partial charge in [-0.05, 0) is 19.8 Å². The molecule has 102 valence electrons. The fourth-order valence-corrected chi connectivity index (χ4v) is 2.56. The van der Waals surface area contributed by atoms with Crippen molar-refractivity contribution in [2.75, 3.05) is 6.61 Å². The summed E-state index contributed by atoms with van der Waals surface area (Å²) in [5, 5.41) is 0. The van der Waals surface area contributed by atoms with Gasteiger partial charge in [0, 0.05) is 0 Å². The van der Waals surface area contributed by atoms with Gasteiger partial charge >= 0.3 is 15.6 Å². The molecule has 0 heterocycles. The normalized spacial score (nSPS) is 16.9. The molecular formula is C8H18O7P2. The van der Waals surface area contributed by atoms with Crippen molar-refractivity contribution in [3.8, 4) is 0 Å². The summed E-state index contributed by atoms with van der Waals surface area (Å²) >= 11 is 0. The third kappa shape index (κ3) is 10.9. The third-order valence-corrected chi connectivity index (χ3v) is 3.93. The molecular weight excluding hydrogens is 270 g/mol. The molecule has 0 aromatic carbocycles. The Morgan fingerprint density at radius 2 is 1.88 bits per heavy atom. The summed E-state index contributed by atoms with van der Waals surface area (Å²) in [7, 11) is -9.71. The van der Waals surface area contributed by atoms with Crippen molar-refractivity contribution >= 4 is 15.6 Å². The largest absolute Gasteiger partial charge is 0.481 e. The number of unbranched alkanes of at least 4 members (excludes halogenated alkanes) is 1. The predicted octanol–water partition coefficient (Wildman–Crippen LogP) is 2.35. The van der Waals surface area contributed by atoms with Crippen LogP contribution in [-0.4, -0.2) is 21.3 Å². The Kier molecular flexibility index (Phi) is 7.44. The fraction of sp³-hybridized carbons (Fsp3) is 0.750. The van der Waals surface area contributed by atoms with E-state index in [9.17, 15) is 9.13 Å². The molecule has 0 aromatic rings. The van der Waals surface area contributed by atoms with Crippen LogP contribution in [0, 0.1) is 0 Å².